The Labute approximate surface area is 184 Å². The summed E-state index contributed by atoms with van der Waals surface area (Å²) in [5.74, 6) is -0.370. The third kappa shape index (κ3) is 3.28. The molecule has 1 fully saturated rings. The molecule has 3 N–H and O–H groups in total. The van der Waals surface area contributed by atoms with Crippen molar-refractivity contribution in [3.05, 3.63) is 42.5 Å². The van der Waals surface area contributed by atoms with E-state index in [1.54, 1.807) is 13.2 Å². The molecule has 1 aliphatic heterocycles. The molecule has 1 saturated heterocycles. The SMILES string of the molecule is CNc1cc(-c2cn(C(C)C)c3ncccc23)nn2c(C(=O)NC3COC[C@@H]3O)cnc12. The van der Waals surface area contributed by atoms with Crippen molar-refractivity contribution in [1.29, 1.82) is 0 Å². The Balaban J connectivity index is 1.63. The van der Waals surface area contributed by atoms with Gasteiger partial charge >= 0.3 is 0 Å². The van der Waals surface area contributed by atoms with Crippen LogP contribution in [-0.2, 0) is 4.74 Å². The first-order valence-corrected chi connectivity index (χ1v) is 10.6. The molecule has 32 heavy (non-hydrogen) atoms. The van der Waals surface area contributed by atoms with Crippen molar-refractivity contribution < 1.29 is 14.6 Å². The van der Waals surface area contributed by atoms with Crippen molar-refractivity contribution in [3.63, 3.8) is 0 Å². The number of nitrogens with zero attached hydrogens (tertiary/aromatic N) is 5. The monoisotopic (exact) mass is 435 g/mol. The van der Waals surface area contributed by atoms with Crippen LogP contribution in [0.5, 0.6) is 0 Å². The molecule has 0 radical (unpaired) electrons. The van der Waals surface area contributed by atoms with E-state index >= 15 is 0 Å². The fraction of sp³-hybridized carbons (Fsp3) is 0.364. The number of aromatic nitrogens is 5. The zero-order valence-corrected chi connectivity index (χ0v) is 18.1. The van der Waals surface area contributed by atoms with E-state index in [1.807, 2.05) is 24.4 Å². The Bertz CT molecular complexity index is 1310. The Kier molecular flexibility index (Phi) is 5.03. The number of imidazole rings is 1. The number of pyridine rings is 1. The number of ether oxygens (including phenoxy) is 1. The van der Waals surface area contributed by atoms with Crippen LogP contribution in [0.4, 0.5) is 5.69 Å². The van der Waals surface area contributed by atoms with Gasteiger partial charge in [0.1, 0.15) is 5.65 Å². The van der Waals surface area contributed by atoms with E-state index in [9.17, 15) is 9.90 Å². The van der Waals surface area contributed by atoms with Gasteiger partial charge in [-0.3, -0.25) is 4.79 Å². The number of aliphatic hydroxyl groups excluding tert-OH is 1. The van der Waals surface area contributed by atoms with Crippen molar-refractivity contribution in [1.82, 2.24) is 29.5 Å². The average molecular weight is 435 g/mol. The highest BCUT2D eigenvalue weighted by Gasteiger charge is 2.29. The topological polar surface area (TPSA) is 119 Å². The molecule has 4 aromatic heterocycles. The van der Waals surface area contributed by atoms with E-state index < -0.39 is 12.1 Å². The molecule has 4 aromatic rings. The minimum absolute atomic E-state index is 0.207. The van der Waals surface area contributed by atoms with Gasteiger partial charge in [0.05, 0.1) is 42.9 Å². The fourth-order valence-corrected chi connectivity index (χ4v) is 4.04. The van der Waals surface area contributed by atoms with E-state index in [4.69, 9.17) is 9.84 Å². The third-order valence-corrected chi connectivity index (χ3v) is 5.76. The number of nitrogens with one attached hydrogen (secondary N) is 2. The molecule has 5 heterocycles. The fourth-order valence-electron chi connectivity index (χ4n) is 4.04. The first-order chi connectivity index (χ1) is 15.5. The molecule has 1 amide bonds. The number of hydrogen-bond acceptors (Lipinski definition) is 7. The van der Waals surface area contributed by atoms with E-state index in [-0.39, 0.29) is 30.9 Å². The van der Waals surface area contributed by atoms with Gasteiger partial charge in [0, 0.05) is 36.4 Å². The number of carbonyl (C=O) groups is 1. The molecule has 166 valence electrons. The van der Waals surface area contributed by atoms with Crippen LogP contribution < -0.4 is 10.6 Å². The second-order valence-electron chi connectivity index (χ2n) is 8.18. The normalized spacial score (nSPS) is 18.7. The molecular weight excluding hydrogens is 410 g/mol. The molecule has 1 unspecified atom stereocenters. The van der Waals surface area contributed by atoms with Crippen LogP contribution in [-0.4, -0.2) is 67.6 Å². The molecule has 0 aliphatic carbocycles. The predicted molar refractivity (Wildman–Crippen MR) is 120 cm³/mol. The van der Waals surface area contributed by atoms with Gasteiger partial charge in [-0.1, -0.05) is 0 Å². The highest BCUT2D eigenvalue weighted by Crippen LogP contribution is 2.32. The molecule has 2 atom stereocenters. The number of hydrogen-bond donors (Lipinski definition) is 3. The van der Waals surface area contributed by atoms with Crippen LogP contribution in [0.2, 0.25) is 0 Å². The number of fused-ring (bicyclic) bond motifs is 2. The molecule has 0 saturated carbocycles. The molecule has 0 bridgehead atoms. The number of carbonyl (C=O) groups excluding carboxylic acids is 1. The minimum Gasteiger partial charge on any atom is -0.388 e. The molecule has 0 spiro atoms. The zero-order chi connectivity index (χ0) is 22.4. The van der Waals surface area contributed by atoms with Crippen LogP contribution in [0.15, 0.2) is 36.8 Å². The Hall–Kier alpha value is -3.50. The molecule has 10 nitrogen and oxygen atoms in total. The maximum absolute atomic E-state index is 13.0. The molecule has 5 rings (SSSR count). The van der Waals surface area contributed by atoms with E-state index in [1.165, 1.54) is 10.7 Å². The first-order valence-electron chi connectivity index (χ1n) is 10.6. The quantitative estimate of drug-likeness (QED) is 0.438. The highest BCUT2D eigenvalue weighted by atomic mass is 16.5. The summed E-state index contributed by atoms with van der Waals surface area (Å²) in [6, 6.07) is 5.60. The molecule has 0 aromatic carbocycles. The number of amides is 1. The standard InChI is InChI=1S/C22H25N7O3/c1-12(2)28-9-14(13-5-4-6-24-20(13)28)15-7-16(23-3)21-25-8-18(29(21)27-15)22(31)26-17-10-32-11-19(17)30/h4-9,12,17,19,23,30H,10-11H2,1-3H3,(H,26,31)/t17?,19-/m0/s1. The van der Waals surface area contributed by atoms with Crippen molar-refractivity contribution in [2.24, 2.45) is 0 Å². The summed E-state index contributed by atoms with van der Waals surface area (Å²) < 4.78 is 8.88. The number of aliphatic hydroxyl groups is 1. The van der Waals surface area contributed by atoms with Crippen molar-refractivity contribution >= 4 is 28.3 Å². The van der Waals surface area contributed by atoms with Gasteiger partial charge in [-0.2, -0.15) is 5.10 Å². The summed E-state index contributed by atoms with van der Waals surface area (Å²) in [4.78, 5) is 21.9. The highest BCUT2D eigenvalue weighted by molar-refractivity contribution is 5.96. The minimum atomic E-state index is -0.732. The number of rotatable bonds is 5. The van der Waals surface area contributed by atoms with Crippen molar-refractivity contribution in [3.8, 4) is 11.3 Å². The summed E-state index contributed by atoms with van der Waals surface area (Å²) in [7, 11) is 1.80. The average Bonchev–Trinajstić information content (AvgIpc) is 3.50. The van der Waals surface area contributed by atoms with Crippen molar-refractivity contribution in [2.75, 3.05) is 25.6 Å². The Morgan fingerprint density at radius 2 is 2.12 bits per heavy atom. The number of anilines is 1. The van der Waals surface area contributed by atoms with Crippen LogP contribution >= 0.6 is 0 Å². The zero-order valence-electron chi connectivity index (χ0n) is 18.1. The summed E-state index contributed by atoms with van der Waals surface area (Å²) in [6.07, 6.45) is 4.58. The van der Waals surface area contributed by atoms with E-state index in [0.29, 0.717) is 11.3 Å². The van der Waals surface area contributed by atoms with Gasteiger partial charge in [-0.25, -0.2) is 14.5 Å². The molecular formula is C22H25N7O3. The van der Waals surface area contributed by atoms with Gasteiger partial charge in [0.25, 0.3) is 5.91 Å². The molecule has 10 heteroatoms. The van der Waals surface area contributed by atoms with Crippen LogP contribution in [0, 0.1) is 0 Å². The first kappa shape index (κ1) is 20.4. The maximum atomic E-state index is 13.0. The molecule has 1 aliphatic rings. The van der Waals surface area contributed by atoms with E-state index in [0.717, 1.165) is 22.3 Å². The second kappa shape index (κ2) is 7.88. The Morgan fingerprint density at radius 3 is 2.84 bits per heavy atom. The third-order valence-electron chi connectivity index (χ3n) is 5.76. The van der Waals surface area contributed by atoms with Crippen LogP contribution in [0.1, 0.15) is 30.4 Å². The second-order valence-corrected chi connectivity index (χ2v) is 8.18. The van der Waals surface area contributed by atoms with Gasteiger partial charge in [0.2, 0.25) is 0 Å². The van der Waals surface area contributed by atoms with Crippen molar-refractivity contribution in [2.45, 2.75) is 32.0 Å². The smallest absolute Gasteiger partial charge is 0.272 e. The van der Waals surface area contributed by atoms with Crippen LogP contribution in [0.3, 0.4) is 0 Å². The lowest BCUT2D eigenvalue weighted by Crippen LogP contribution is -2.42. The largest absolute Gasteiger partial charge is 0.388 e. The van der Waals surface area contributed by atoms with Gasteiger partial charge in [-0.05, 0) is 32.0 Å². The van der Waals surface area contributed by atoms with Gasteiger partial charge in [0.15, 0.2) is 11.3 Å². The van der Waals surface area contributed by atoms with Gasteiger partial charge in [-0.15, -0.1) is 0 Å². The lowest BCUT2D eigenvalue weighted by atomic mass is 10.1. The maximum Gasteiger partial charge on any atom is 0.272 e. The Morgan fingerprint density at radius 1 is 1.28 bits per heavy atom. The summed E-state index contributed by atoms with van der Waals surface area (Å²) >= 11 is 0. The van der Waals surface area contributed by atoms with Gasteiger partial charge < -0.3 is 25.0 Å². The lowest BCUT2D eigenvalue weighted by Gasteiger charge is -2.14. The summed E-state index contributed by atoms with van der Waals surface area (Å²) in [6.45, 7) is 4.68. The predicted octanol–water partition coefficient (Wildman–Crippen LogP) is 1.86. The van der Waals surface area contributed by atoms with Crippen LogP contribution in [0.25, 0.3) is 27.9 Å². The summed E-state index contributed by atoms with van der Waals surface area (Å²) in [5.41, 5.74) is 4.05. The lowest BCUT2D eigenvalue weighted by molar-refractivity contribution is 0.0879. The van der Waals surface area contributed by atoms with E-state index in [2.05, 4.69) is 39.0 Å². The summed E-state index contributed by atoms with van der Waals surface area (Å²) in [5, 5.41) is 21.7.